The summed E-state index contributed by atoms with van der Waals surface area (Å²) >= 11 is 0. The molecule has 3 heteroatoms. The van der Waals surface area contributed by atoms with Crippen molar-refractivity contribution in [3.05, 3.63) is 12.7 Å². The molecule has 0 spiro atoms. The number of allylic oxidation sites excluding steroid dienone is 1. The Balaban J connectivity index is 3.53. The molecule has 1 amide bonds. The number of hydrogen-bond acceptors (Lipinski definition) is 2. The zero-order chi connectivity index (χ0) is 9.40. The molecule has 0 aliphatic carbocycles. The third-order valence-corrected chi connectivity index (χ3v) is 1.39. The Labute approximate surface area is 73.6 Å². The number of nitrogens with zero attached hydrogens (tertiary/aromatic N) is 1. The molecule has 0 aromatic heterocycles. The lowest BCUT2D eigenvalue weighted by Gasteiger charge is -1.98. The van der Waals surface area contributed by atoms with Crippen molar-refractivity contribution >= 4 is 11.6 Å². The van der Waals surface area contributed by atoms with Crippen molar-refractivity contribution in [2.45, 2.75) is 26.7 Å². The minimum Gasteiger partial charge on any atom is -0.337 e. The average Bonchev–Trinajstić information content (AvgIpc) is 2.00. The summed E-state index contributed by atoms with van der Waals surface area (Å²) in [5.41, 5.74) is 1.05. The molecule has 0 saturated carbocycles. The Morgan fingerprint density at radius 3 is 2.75 bits per heavy atom. The van der Waals surface area contributed by atoms with Crippen molar-refractivity contribution in [3.8, 4) is 0 Å². The first-order chi connectivity index (χ1) is 5.66. The minimum atomic E-state index is -0.0460. The first kappa shape index (κ1) is 10.9. The monoisotopic (exact) mass is 168 g/mol. The molecule has 68 valence electrons. The molecule has 0 atom stereocenters. The van der Waals surface area contributed by atoms with E-state index in [0.29, 0.717) is 6.67 Å². The van der Waals surface area contributed by atoms with Crippen LogP contribution in [0.1, 0.15) is 26.7 Å². The third-order valence-electron chi connectivity index (χ3n) is 1.39. The van der Waals surface area contributed by atoms with Gasteiger partial charge < -0.3 is 5.32 Å². The van der Waals surface area contributed by atoms with Crippen molar-refractivity contribution in [2.24, 2.45) is 4.99 Å². The van der Waals surface area contributed by atoms with Crippen LogP contribution in [0.5, 0.6) is 0 Å². The van der Waals surface area contributed by atoms with Gasteiger partial charge in [-0.2, -0.15) is 0 Å². The average molecular weight is 168 g/mol. The molecule has 0 aliphatic rings. The Bertz CT molecular complexity index is 185. The summed E-state index contributed by atoms with van der Waals surface area (Å²) in [4.78, 5) is 14.6. The molecule has 0 aromatic carbocycles. The highest BCUT2D eigenvalue weighted by Crippen LogP contribution is 1.92. The number of hydrogen-bond donors (Lipinski definition) is 1. The van der Waals surface area contributed by atoms with Crippen LogP contribution in [0.3, 0.4) is 0 Å². The van der Waals surface area contributed by atoms with Gasteiger partial charge in [-0.3, -0.25) is 9.79 Å². The topological polar surface area (TPSA) is 41.5 Å². The summed E-state index contributed by atoms with van der Waals surface area (Å²) in [7, 11) is 0. The van der Waals surface area contributed by atoms with Crippen LogP contribution < -0.4 is 5.32 Å². The van der Waals surface area contributed by atoms with E-state index in [9.17, 15) is 4.79 Å². The minimum absolute atomic E-state index is 0.0460. The highest BCUT2D eigenvalue weighted by atomic mass is 16.1. The van der Waals surface area contributed by atoms with Crippen LogP contribution >= 0.6 is 0 Å². The van der Waals surface area contributed by atoms with Gasteiger partial charge in [0.2, 0.25) is 5.91 Å². The molecule has 0 rings (SSSR count). The maximum absolute atomic E-state index is 10.4. The van der Waals surface area contributed by atoms with E-state index < -0.39 is 0 Å². The van der Waals surface area contributed by atoms with E-state index >= 15 is 0 Å². The molecule has 0 fully saturated rings. The summed E-state index contributed by atoms with van der Waals surface area (Å²) in [5.74, 6) is -0.0460. The van der Waals surface area contributed by atoms with E-state index in [1.54, 1.807) is 0 Å². The molecule has 0 bridgehead atoms. The van der Waals surface area contributed by atoms with Crippen molar-refractivity contribution in [1.29, 1.82) is 0 Å². The number of aliphatic imine (C=N–C) groups is 1. The molecule has 3 nitrogen and oxygen atoms in total. The molecule has 12 heavy (non-hydrogen) atoms. The summed E-state index contributed by atoms with van der Waals surface area (Å²) in [6, 6.07) is 0. The lowest BCUT2D eigenvalue weighted by Crippen LogP contribution is -2.20. The Morgan fingerprint density at radius 2 is 2.25 bits per heavy atom. The van der Waals surface area contributed by atoms with Crippen molar-refractivity contribution in [3.63, 3.8) is 0 Å². The predicted octanol–water partition coefficient (Wildman–Crippen LogP) is 1.51. The summed E-state index contributed by atoms with van der Waals surface area (Å²) in [5, 5.41) is 2.60. The third kappa shape index (κ3) is 6.99. The fraction of sp³-hybridized carbons (Fsp3) is 0.556. The van der Waals surface area contributed by atoms with Crippen molar-refractivity contribution in [1.82, 2.24) is 5.32 Å². The van der Waals surface area contributed by atoms with Crippen LogP contribution in [-0.4, -0.2) is 18.3 Å². The molecule has 0 aliphatic heterocycles. The standard InChI is InChI=1S/C9H16N2O/c1-4-5-6-8(2)10-7-11-9(3)12/h4H,1,5-7H2,2-3H3,(H,11,12). The van der Waals surface area contributed by atoms with Gasteiger partial charge in [0.25, 0.3) is 0 Å². The van der Waals surface area contributed by atoms with Gasteiger partial charge in [-0.25, -0.2) is 0 Å². The van der Waals surface area contributed by atoms with Crippen LogP contribution in [0.25, 0.3) is 0 Å². The second-order valence-electron chi connectivity index (χ2n) is 2.61. The van der Waals surface area contributed by atoms with Gasteiger partial charge in [-0.15, -0.1) is 6.58 Å². The fourth-order valence-corrected chi connectivity index (χ4v) is 0.676. The van der Waals surface area contributed by atoms with E-state index in [0.717, 1.165) is 18.6 Å². The van der Waals surface area contributed by atoms with Gasteiger partial charge in [0.1, 0.15) is 6.67 Å². The first-order valence-electron chi connectivity index (χ1n) is 4.02. The largest absolute Gasteiger partial charge is 0.337 e. The van der Waals surface area contributed by atoms with Gasteiger partial charge in [0, 0.05) is 12.6 Å². The van der Waals surface area contributed by atoms with Crippen molar-refractivity contribution in [2.75, 3.05) is 6.67 Å². The molecule has 0 heterocycles. The van der Waals surface area contributed by atoms with E-state index in [1.807, 2.05) is 13.0 Å². The van der Waals surface area contributed by atoms with Gasteiger partial charge in [0.05, 0.1) is 0 Å². The van der Waals surface area contributed by atoms with E-state index in [1.165, 1.54) is 6.92 Å². The second-order valence-corrected chi connectivity index (χ2v) is 2.61. The van der Waals surface area contributed by atoms with Crippen molar-refractivity contribution < 1.29 is 4.79 Å². The second kappa shape index (κ2) is 6.58. The van der Waals surface area contributed by atoms with Crippen LogP contribution in [0.2, 0.25) is 0 Å². The Hall–Kier alpha value is -1.12. The molecule has 1 N–H and O–H groups in total. The van der Waals surface area contributed by atoms with E-state index in [-0.39, 0.29) is 5.91 Å². The number of nitrogens with one attached hydrogen (secondary N) is 1. The number of rotatable bonds is 5. The number of amides is 1. The maximum atomic E-state index is 10.4. The summed E-state index contributed by atoms with van der Waals surface area (Å²) in [6.07, 6.45) is 3.72. The van der Waals surface area contributed by atoms with Gasteiger partial charge in [-0.1, -0.05) is 6.08 Å². The van der Waals surface area contributed by atoms with Crippen LogP contribution in [0, 0.1) is 0 Å². The number of carbonyl (C=O) groups is 1. The molecule has 0 unspecified atom stereocenters. The van der Waals surface area contributed by atoms with Crippen LogP contribution in [0.15, 0.2) is 17.6 Å². The lowest BCUT2D eigenvalue weighted by molar-refractivity contribution is -0.118. The Morgan fingerprint density at radius 1 is 1.58 bits per heavy atom. The number of carbonyl (C=O) groups excluding carboxylic acids is 1. The lowest BCUT2D eigenvalue weighted by atomic mass is 10.2. The summed E-state index contributed by atoms with van der Waals surface area (Å²) in [6.45, 7) is 7.43. The van der Waals surface area contributed by atoms with E-state index in [4.69, 9.17) is 0 Å². The Kier molecular flexibility index (Phi) is 5.97. The molecule has 0 radical (unpaired) electrons. The van der Waals surface area contributed by atoms with E-state index in [2.05, 4.69) is 16.9 Å². The molecule has 0 aromatic rings. The van der Waals surface area contributed by atoms with Gasteiger partial charge in [0.15, 0.2) is 0 Å². The predicted molar refractivity (Wildman–Crippen MR) is 51.2 cm³/mol. The zero-order valence-corrected chi connectivity index (χ0v) is 7.76. The fourth-order valence-electron chi connectivity index (χ4n) is 0.676. The molecule has 0 saturated heterocycles. The molecular formula is C9H16N2O. The first-order valence-corrected chi connectivity index (χ1v) is 4.02. The quantitative estimate of drug-likeness (QED) is 0.490. The highest BCUT2D eigenvalue weighted by Gasteiger charge is 1.89. The van der Waals surface area contributed by atoms with Gasteiger partial charge in [-0.05, 0) is 19.8 Å². The van der Waals surface area contributed by atoms with Crippen LogP contribution in [-0.2, 0) is 4.79 Å². The van der Waals surface area contributed by atoms with Crippen LogP contribution in [0.4, 0.5) is 0 Å². The summed E-state index contributed by atoms with van der Waals surface area (Å²) < 4.78 is 0. The highest BCUT2D eigenvalue weighted by molar-refractivity contribution is 5.82. The maximum Gasteiger partial charge on any atom is 0.218 e. The smallest absolute Gasteiger partial charge is 0.218 e. The zero-order valence-electron chi connectivity index (χ0n) is 7.76. The van der Waals surface area contributed by atoms with Gasteiger partial charge >= 0.3 is 0 Å². The normalized spacial score (nSPS) is 11.0. The SMILES string of the molecule is C=CCCC(C)=NCNC(C)=O. The molecular weight excluding hydrogens is 152 g/mol.